The summed E-state index contributed by atoms with van der Waals surface area (Å²) < 4.78 is 35.6. The Kier molecular flexibility index (Phi) is 4.73. The Labute approximate surface area is 85.9 Å². The molecule has 14 heavy (non-hydrogen) atoms. The predicted molar refractivity (Wildman–Crippen MR) is 51.3 cm³/mol. The molecule has 0 saturated heterocycles. The van der Waals surface area contributed by atoms with Crippen LogP contribution in [0.1, 0.15) is 0 Å². The molecule has 0 aliphatic rings. The number of rotatable bonds is 2. The second-order valence-electron chi connectivity index (χ2n) is 2.58. The maximum atomic E-state index is 11.9. The molecule has 2 nitrogen and oxygen atoms in total. The van der Waals surface area contributed by atoms with Crippen LogP contribution in [-0.2, 0) is 0 Å². The third kappa shape index (κ3) is 4.34. The minimum atomic E-state index is -4.27. The highest BCUT2D eigenvalue weighted by molar-refractivity contribution is 5.85. The zero-order chi connectivity index (χ0) is 9.90. The second-order valence-corrected chi connectivity index (χ2v) is 2.58. The summed E-state index contributed by atoms with van der Waals surface area (Å²) in [4.78, 5) is 0. The lowest BCUT2D eigenvalue weighted by Gasteiger charge is -2.19. The molecule has 0 amide bonds. The minimum Gasteiger partial charge on any atom is -0.302 e. The number of hydrogen-bond acceptors (Lipinski definition) is 2. The Morgan fingerprint density at radius 2 is 1.64 bits per heavy atom. The van der Waals surface area contributed by atoms with Crippen molar-refractivity contribution in [2.24, 2.45) is 5.84 Å². The molecule has 0 radical (unpaired) electrons. The lowest BCUT2D eigenvalue weighted by Crippen LogP contribution is -2.39. The SMILES string of the molecule is Cl.NN(CC(F)(F)F)c1ccccc1. The number of nitrogens with two attached hydrogens (primary N) is 1. The van der Waals surface area contributed by atoms with Crippen LogP contribution in [0.15, 0.2) is 30.3 Å². The fourth-order valence-corrected chi connectivity index (χ4v) is 0.904. The van der Waals surface area contributed by atoms with Gasteiger partial charge in [-0.05, 0) is 12.1 Å². The van der Waals surface area contributed by atoms with Gasteiger partial charge in [-0.15, -0.1) is 12.4 Å². The predicted octanol–water partition coefficient (Wildman–Crippen LogP) is 2.35. The first-order valence-electron chi connectivity index (χ1n) is 3.63. The molecule has 0 aromatic heterocycles. The first-order valence-corrected chi connectivity index (χ1v) is 3.63. The molecular weight excluding hydrogens is 217 g/mol. The average molecular weight is 227 g/mol. The van der Waals surface area contributed by atoms with E-state index in [0.29, 0.717) is 10.7 Å². The zero-order valence-electron chi connectivity index (χ0n) is 7.16. The van der Waals surface area contributed by atoms with Gasteiger partial charge in [-0.1, -0.05) is 18.2 Å². The molecule has 2 N–H and O–H groups in total. The number of hydrogen-bond donors (Lipinski definition) is 1. The summed E-state index contributed by atoms with van der Waals surface area (Å²) in [6.07, 6.45) is -4.27. The van der Waals surface area contributed by atoms with Crippen LogP contribution >= 0.6 is 12.4 Å². The van der Waals surface area contributed by atoms with Crippen LogP contribution in [0.2, 0.25) is 0 Å². The van der Waals surface area contributed by atoms with Crippen molar-refractivity contribution in [1.29, 1.82) is 0 Å². The summed E-state index contributed by atoms with van der Waals surface area (Å²) in [7, 11) is 0. The Bertz CT molecular complexity index is 263. The molecule has 0 saturated carbocycles. The number of para-hydroxylation sites is 1. The van der Waals surface area contributed by atoms with Gasteiger partial charge < -0.3 is 5.01 Å². The molecule has 0 fully saturated rings. The molecule has 1 aromatic carbocycles. The smallest absolute Gasteiger partial charge is 0.302 e. The Hall–Kier alpha value is -0.940. The van der Waals surface area contributed by atoms with E-state index in [1.165, 1.54) is 12.1 Å². The Balaban J connectivity index is 0.00000169. The van der Waals surface area contributed by atoms with Gasteiger partial charge in [-0.25, -0.2) is 5.84 Å². The molecule has 0 heterocycles. The van der Waals surface area contributed by atoms with Crippen molar-refractivity contribution in [3.63, 3.8) is 0 Å². The van der Waals surface area contributed by atoms with Crippen molar-refractivity contribution < 1.29 is 13.2 Å². The normalized spacial score (nSPS) is 10.6. The average Bonchev–Trinajstić information content (AvgIpc) is 2.03. The van der Waals surface area contributed by atoms with Gasteiger partial charge in [0.2, 0.25) is 0 Å². The summed E-state index contributed by atoms with van der Waals surface area (Å²) in [6.45, 7) is -1.14. The van der Waals surface area contributed by atoms with Crippen molar-refractivity contribution in [2.45, 2.75) is 6.18 Å². The van der Waals surface area contributed by atoms with Gasteiger partial charge >= 0.3 is 6.18 Å². The van der Waals surface area contributed by atoms with Crippen molar-refractivity contribution in [3.8, 4) is 0 Å². The van der Waals surface area contributed by atoms with Crippen LogP contribution < -0.4 is 10.9 Å². The van der Waals surface area contributed by atoms with E-state index in [-0.39, 0.29) is 12.4 Å². The fourth-order valence-electron chi connectivity index (χ4n) is 0.904. The van der Waals surface area contributed by atoms with Crippen LogP contribution in [0.25, 0.3) is 0 Å². The van der Waals surface area contributed by atoms with Gasteiger partial charge in [0, 0.05) is 0 Å². The molecule has 0 aliphatic heterocycles. The molecule has 1 rings (SSSR count). The second kappa shape index (κ2) is 5.07. The third-order valence-electron chi connectivity index (χ3n) is 1.44. The number of anilines is 1. The number of nitrogens with zero attached hydrogens (tertiary/aromatic N) is 1. The van der Waals surface area contributed by atoms with Gasteiger partial charge in [0.1, 0.15) is 6.54 Å². The van der Waals surface area contributed by atoms with E-state index in [9.17, 15) is 13.2 Å². The number of benzene rings is 1. The lowest BCUT2D eigenvalue weighted by atomic mass is 10.3. The van der Waals surface area contributed by atoms with E-state index < -0.39 is 12.7 Å². The standard InChI is InChI=1S/C8H9F3N2.ClH/c9-8(10,11)6-13(12)7-4-2-1-3-5-7;/h1-5H,6,12H2;1H. The molecule has 0 aliphatic carbocycles. The lowest BCUT2D eigenvalue weighted by molar-refractivity contribution is -0.119. The molecule has 0 spiro atoms. The minimum absolute atomic E-state index is 0. The van der Waals surface area contributed by atoms with Gasteiger partial charge in [0.05, 0.1) is 5.69 Å². The van der Waals surface area contributed by atoms with Crippen molar-refractivity contribution in [2.75, 3.05) is 11.6 Å². The number of hydrazine groups is 1. The molecule has 0 bridgehead atoms. The van der Waals surface area contributed by atoms with E-state index in [1.54, 1.807) is 18.2 Å². The number of halogens is 4. The van der Waals surface area contributed by atoms with Crippen molar-refractivity contribution in [3.05, 3.63) is 30.3 Å². The maximum absolute atomic E-state index is 11.9. The number of alkyl halides is 3. The first-order chi connectivity index (χ1) is 5.99. The molecule has 80 valence electrons. The molecule has 0 unspecified atom stereocenters. The van der Waals surface area contributed by atoms with Gasteiger partial charge in [0.25, 0.3) is 0 Å². The largest absolute Gasteiger partial charge is 0.407 e. The zero-order valence-corrected chi connectivity index (χ0v) is 7.98. The summed E-state index contributed by atoms with van der Waals surface area (Å²) >= 11 is 0. The summed E-state index contributed by atoms with van der Waals surface area (Å²) in [5.74, 6) is 5.19. The van der Waals surface area contributed by atoms with Crippen molar-refractivity contribution >= 4 is 18.1 Å². The first kappa shape index (κ1) is 13.1. The van der Waals surface area contributed by atoms with Crippen LogP contribution in [0.4, 0.5) is 18.9 Å². The van der Waals surface area contributed by atoms with E-state index in [0.717, 1.165) is 0 Å². The van der Waals surface area contributed by atoms with Gasteiger partial charge in [-0.2, -0.15) is 13.2 Å². The highest BCUT2D eigenvalue weighted by atomic mass is 35.5. The van der Waals surface area contributed by atoms with Crippen molar-refractivity contribution in [1.82, 2.24) is 0 Å². The highest BCUT2D eigenvalue weighted by Gasteiger charge is 2.29. The van der Waals surface area contributed by atoms with Crippen LogP contribution in [-0.4, -0.2) is 12.7 Å². The van der Waals surface area contributed by atoms with E-state index in [1.807, 2.05) is 0 Å². The fraction of sp³-hybridized carbons (Fsp3) is 0.250. The topological polar surface area (TPSA) is 29.3 Å². The summed E-state index contributed by atoms with van der Waals surface area (Å²) in [6, 6.07) is 8.01. The monoisotopic (exact) mass is 226 g/mol. The van der Waals surface area contributed by atoms with E-state index in [4.69, 9.17) is 5.84 Å². The maximum Gasteiger partial charge on any atom is 0.407 e. The van der Waals surface area contributed by atoms with Crippen LogP contribution in [0.3, 0.4) is 0 Å². The Morgan fingerprint density at radius 1 is 1.14 bits per heavy atom. The third-order valence-corrected chi connectivity index (χ3v) is 1.44. The molecule has 1 aromatic rings. The summed E-state index contributed by atoms with van der Waals surface area (Å²) in [5.41, 5.74) is 0.347. The molecular formula is C8H10ClF3N2. The molecule has 6 heteroatoms. The van der Waals surface area contributed by atoms with E-state index in [2.05, 4.69) is 0 Å². The van der Waals surface area contributed by atoms with Gasteiger partial charge in [0.15, 0.2) is 0 Å². The highest BCUT2D eigenvalue weighted by Crippen LogP contribution is 2.18. The van der Waals surface area contributed by atoms with E-state index >= 15 is 0 Å². The molecule has 0 atom stereocenters. The Morgan fingerprint density at radius 3 is 2.07 bits per heavy atom. The van der Waals surface area contributed by atoms with Gasteiger partial charge in [-0.3, -0.25) is 0 Å². The summed E-state index contributed by atoms with van der Waals surface area (Å²) in [5, 5.41) is 0.667. The van der Waals surface area contributed by atoms with Crippen LogP contribution in [0.5, 0.6) is 0 Å². The van der Waals surface area contributed by atoms with Crippen LogP contribution in [0, 0.1) is 0 Å². The quantitative estimate of drug-likeness (QED) is 0.620.